The summed E-state index contributed by atoms with van der Waals surface area (Å²) in [5.41, 5.74) is 1.47. The highest BCUT2D eigenvalue weighted by Crippen LogP contribution is 2.27. The fraction of sp³-hybridized carbons (Fsp3) is 0.207. The summed E-state index contributed by atoms with van der Waals surface area (Å²) in [5, 5.41) is 9.66. The first-order chi connectivity index (χ1) is 20.3. The molecule has 1 saturated heterocycles. The molecule has 1 aliphatic heterocycles. The molecular formula is C29H22ClF2N5O5. The van der Waals surface area contributed by atoms with E-state index in [4.69, 9.17) is 25.8 Å². The van der Waals surface area contributed by atoms with Gasteiger partial charge in [0.05, 0.1) is 24.5 Å². The molecule has 214 valence electrons. The number of nitrogens with zero attached hydrogens (tertiary/aromatic N) is 5. The van der Waals surface area contributed by atoms with Crippen LogP contribution in [-0.2, 0) is 24.5 Å². The van der Waals surface area contributed by atoms with Gasteiger partial charge in [-0.15, -0.1) is 0 Å². The van der Waals surface area contributed by atoms with Crippen molar-refractivity contribution in [2.75, 3.05) is 6.61 Å². The highest BCUT2D eigenvalue weighted by atomic mass is 35.5. The van der Waals surface area contributed by atoms with Gasteiger partial charge in [0.1, 0.15) is 30.4 Å². The topological polar surface area (TPSA) is 121 Å². The lowest BCUT2D eigenvalue weighted by Crippen LogP contribution is -2.32. The Balaban J connectivity index is 1.22. The Morgan fingerprint density at radius 2 is 1.86 bits per heavy atom. The molecule has 4 aromatic heterocycles. The van der Waals surface area contributed by atoms with Gasteiger partial charge >= 0.3 is 5.97 Å². The van der Waals surface area contributed by atoms with Crippen molar-refractivity contribution >= 4 is 28.7 Å². The number of pyridine rings is 3. The number of carboxylic acid groups (broad SMARTS) is 1. The summed E-state index contributed by atoms with van der Waals surface area (Å²) < 4.78 is 47.8. The van der Waals surface area contributed by atoms with E-state index in [0.29, 0.717) is 35.7 Å². The molecule has 1 aliphatic rings. The number of benzene rings is 1. The Morgan fingerprint density at radius 3 is 2.62 bits per heavy atom. The van der Waals surface area contributed by atoms with Crippen LogP contribution < -0.4 is 9.47 Å². The molecule has 6 rings (SSSR count). The number of imidazole rings is 1. The van der Waals surface area contributed by atoms with Crippen LogP contribution in [0.2, 0.25) is 5.02 Å². The zero-order valence-electron chi connectivity index (χ0n) is 21.8. The maximum absolute atomic E-state index is 14.8. The summed E-state index contributed by atoms with van der Waals surface area (Å²) in [4.78, 5) is 28.7. The van der Waals surface area contributed by atoms with Gasteiger partial charge in [0.15, 0.2) is 17.2 Å². The van der Waals surface area contributed by atoms with Gasteiger partial charge in [-0.1, -0.05) is 23.7 Å². The lowest BCUT2D eigenvalue weighted by molar-refractivity contribution is -0.0593. The third-order valence-corrected chi connectivity index (χ3v) is 6.87. The summed E-state index contributed by atoms with van der Waals surface area (Å²) in [6, 6.07) is 13.5. The molecule has 0 saturated carbocycles. The minimum atomic E-state index is -1.15. The van der Waals surface area contributed by atoms with Gasteiger partial charge in [-0.25, -0.2) is 33.5 Å². The number of hydrogen-bond acceptors (Lipinski definition) is 8. The number of halogens is 3. The van der Waals surface area contributed by atoms with Gasteiger partial charge < -0.3 is 23.9 Å². The average Bonchev–Trinajstić information content (AvgIpc) is 3.30. The van der Waals surface area contributed by atoms with E-state index in [9.17, 15) is 18.7 Å². The van der Waals surface area contributed by atoms with Gasteiger partial charge in [-0.3, -0.25) is 0 Å². The molecule has 1 fully saturated rings. The number of aromatic carboxylic acids is 1. The fourth-order valence-corrected chi connectivity index (χ4v) is 4.53. The van der Waals surface area contributed by atoms with Crippen molar-refractivity contribution in [2.24, 2.45) is 0 Å². The SMILES string of the molecule is O=C(O)c1ccc2nc(COc3cc(-c4cccc(OCc5ccc(Cl)cc5F)n4)c(F)cn3)n(CC3CCO3)c2n1. The average molecular weight is 594 g/mol. The summed E-state index contributed by atoms with van der Waals surface area (Å²) >= 11 is 5.80. The van der Waals surface area contributed by atoms with Crippen molar-refractivity contribution in [1.82, 2.24) is 24.5 Å². The molecule has 0 amide bonds. The van der Waals surface area contributed by atoms with Crippen molar-refractivity contribution < 1.29 is 32.9 Å². The van der Waals surface area contributed by atoms with Crippen molar-refractivity contribution in [3.63, 3.8) is 0 Å². The molecule has 0 spiro atoms. The van der Waals surface area contributed by atoms with Gasteiger partial charge in [-0.05, 0) is 36.8 Å². The Bertz CT molecular complexity index is 1800. The van der Waals surface area contributed by atoms with E-state index in [1.54, 1.807) is 34.9 Å². The van der Waals surface area contributed by atoms with Crippen LogP contribution in [0.5, 0.6) is 11.8 Å². The van der Waals surface area contributed by atoms with Crippen LogP contribution in [0, 0.1) is 11.6 Å². The van der Waals surface area contributed by atoms with Crippen molar-refractivity contribution in [2.45, 2.75) is 32.3 Å². The molecule has 0 bridgehead atoms. The molecule has 0 radical (unpaired) electrons. The van der Waals surface area contributed by atoms with E-state index < -0.39 is 17.6 Å². The molecule has 1 N–H and O–H groups in total. The lowest BCUT2D eigenvalue weighted by Gasteiger charge is -2.27. The van der Waals surface area contributed by atoms with Crippen LogP contribution in [0.15, 0.2) is 60.8 Å². The number of fused-ring (bicyclic) bond motifs is 1. The third kappa shape index (κ3) is 5.85. The molecule has 5 aromatic rings. The normalized spacial score (nSPS) is 14.5. The standard InChI is InChI=1S/C29H22ClF2N5O5/c30-17-5-4-16(20(31)10-17)14-41-26-3-1-2-22(35-26)19-11-27(33-12-21(19)32)42-15-25-34-23-6-7-24(29(38)39)36-28(23)37(25)13-18-8-9-40-18/h1-7,10-12,18H,8-9,13-15H2,(H,38,39). The van der Waals surface area contributed by atoms with E-state index in [2.05, 4.69) is 19.9 Å². The molecule has 10 nitrogen and oxygen atoms in total. The minimum Gasteiger partial charge on any atom is -0.477 e. The second kappa shape index (κ2) is 11.7. The zero-order chi connectivity index (χ0) is 29.2. The second-order valence-electron chi connectivity index (χ2n) is 9.44. The van der Waals surface area contributed by atoms with Crippen LogP contribution in [0.3, 0.4) is 0 Å². The maximum atomic E-state index is 14.8. The Hall–Kier alpha value is -4.68. The highest BCUT2D eigenvalue weighted by molar-refractivity contribution is 6.30. The highest BCUT2D eigenvalue weighted by Gasteiger charge is 2.23. The number of rotatable bonds is 10. The first-order valence-electron chi connectivity index (χ1n) is 12.9. The van der Waals surface area contributed by atoms with E-state index in [0.717, 1.165) is 12.6 Å². The molecule has 1 unspecified atom stereocenters. The van der Waals surface area contributed by atoms with Crippen molar-refractivity contribution in [3.8, 4) is 23.0 Å². The first-order valence-corrected chi connectivity index (χ1v) is 13.3. The quantitative estimate of drug-likeness (QED) is 0.225. The summed E-state index contributed by atoms with van der Waals surface area (Å²) in [6.45, 7) is 0.927. The summed E-state index contributed by atoms with van der Waals surface area (Å²) in [7, 11) is 0. The van der Waals surface area contributed by atoms with Crippen LogP contribution >= 0.6 is 11.6 Å². The van der Waals surface area contributed by atoms with E-state index in [1.807, 2.05) is 0 Å². The monoisotopic (exact) mass is 593 g/mol. The van der Waals surface area contributed by atoms with Gasteiger partial charge in [0.25, 0.3) is 0 Å². The molecule has 1 atom stereocenters. The molecule has 13 heteroatoms. The largest absolute Gasteiger partial charge is 0.477 e. The molecule has 1 aromatic carbocycles. The first kappa shape index (κ1) is 27.5. The zero-order valence-corrected chi connectivity index (χ0v) is 22.6. The smallest absolute Gasteiger partial charge is 0.354 e. The van der Waals surface area contributed by atoms with Crippen molar-refractivity contribution in [3.05, 3.63) is 94.5 Å². The van der Waals surface area contributed by atoms with Gasteiger partial charge in [0, 0.05) is 34.9 Å². The minimum absolute atomic E-state index is 0.0488. The van der Waals surface area contributed by atoms with E-state index >= 15 is 0 Å². The van der Waals surface area contributed by atoms with Gasteiger partial charge in [-0.2, -0.15) is 0 Å². The predicted octanol–water partition coefficient (Wildman–Crippen LogP) is 5.47. The Kier molecular flexibility index (Phi) is 7.64. The van der Waals surface area contributed by atoms with Crippen LogP contribution in [0.1, 0.15) is 28.3 Å². The van der Waals surface area contributed by atoms with E-state index in [1.165, 1.54) is 24.3 Å². The molecule has 42 heavy (non-hydrogen) atoms. The summed E-state index contributed by atoms with van der Waals surface area (Å²) in [6.07, 6.45) is 1.82. The van der Waals surface area contributed by atoms with Crippen LogP contribution in [0.4, 0.5) is 8.78 Å². The van der Waals surface area contributed by atoms with Crippen molar-refractivity contribution in [1.29, 1.82) is 0 Å². The Labute approximate surface area is 242 Å². The van der Waals surface area contributed by atoms with Crippen LogP contribution in [-0.4, -0.2) is 48.3 Å². The second-order valence-corrected chi connectivity index (χ2v) is 9.88. The summed E-state index contributed by atoms with van der Waals surface area (Å²) in [5.74, 6) is -1.53. The number of hydrogen-bond donors (Lipinski definition) is 1. The number of aromatic nitrogens is 5. The number of ether oxygens (including phenoxy) is 3. The third-order valence-electron chi connectivity index (χ3n) is 6.64. The molecule has 0 aliphatic carbocycles. The Morgan fingerprint density at radius 1 is 1.02 bits per heavy atom. The number of carboxylic acids is 1. The van der Waals surface area contributed by atoms with Gasteiger partial charge in [0.2, 0.25) is 11.8 Å². The number of carbonyl (C=O) groups is 1. The lowest BCUT2D eigenvalue weighted by atomic mass is 10.1. The maximum Gasteiger partial charge on any atom is 0.354 e. The molecule has 5 heterocycles. The predicted molar refractivity (Wildman–Crippen MR) is 146 cm³/mol. The molecular weight excluding hydrogens is 572 g/mol. The van der Waals surface area contributed by atoms with E-state index in [-0.39, 0.29) is 53.1 Å². The fourth-order valence-electron chi connectivity index (χ4n) is 4.37. The van der Waals surface area contributed by atoms with Crippen LogP contribution in [0.25, 0.3) is 22.4 Å².